The number of hydrogen-bond donors (Lipinski definition) is 1. The van der Waals surface area contributed by atoms with E-state index in [1.807, 2.05) is 31.2 Å². The van der Waals surface area contributed by atoms with Crippen LogP contribution in [-0.2, 0) is 16.4 Å². The number of hydrogen-bond acceptors (Lipinski definition) is 4. The fourth-order valence-corrected chi connectivity index (χ4v) is 2.99. The lowest BCUT2D eigenvalue weighted by Gasteiger charge is -2.07. The summed E-state index contributed by atoms with van der Waals surface area (Å²) in [5.41, 5.74) is 6.54. The van der Waals surface area contributed by atoms with E-state index < -0.39 is 9.84 Å². The lowest BCUT2D eigenvalue weighted by atomic mass is 10.2. The zero-order chi connectivity index (χ0) is 13.4. The zero-order valence-electron chi connectivity index (χ0n) is 10.8. The Morgan fingerprint density at radius 3 is 2.39 bits per heavy atom. The van der Waals surface area contributed by atoms with Crippen LogP contribution in [-0.4, -0.2) is 26.5 Å². The molecule has 0 saturated carbocycles. The van der Waals surface area contributed by atoms with Gasteiger partial charge in [-0.1, -0.05) is 19.1 Å². The van der Waals surface area contributed by atoms with Crippen LogP contribution in [0.4, 0.5) is 0 Å². The van der Waals surface area contributed by atoms with Crippen molar-refractivity contribution in [1.29, 1.82) is 0 Å². The maximum atomic E-state index is 11.5. The van der Waals surface area contributed by atoms with Crippen LogP contribution in [0.15, 0.2) is 24.3 Å². The Bertz CT molecular complexity index is 440. The van der Waals surface area contributed by atoms with Crippen molar-refractivity contribution < 1.29 is 13.2 Å². The van der Waals surface area contributed by atoms with Crippen LogP contribution in [0.3, 0.4) is 0 Å². The Balaban J connectivity index is 2.29. The highest BCUT2D eigenvalue weighted by Crippen LogP contribution is 2.12. The van der Waals surface area contributed by atoms with E-state index >= 15 is 0 Å². The number of rotatable bonds is 8. The molecule has 0 spiro atoms. The number of sulfone groups is 1. The molecule has 1 rings (SSSR count). The highest BCUT2D eigenvalue weighted by Gasteiger charge is 2.08. The SMILES string of the molecule is CCCS(=O)(=O)CCCOc1ccc(CN)cc1. The average Bonchev–Trinajstić information content (AvgIpc) is 2.35. The maximum absolute atomic E-state index is 11.5. The first-order valence-electron chi connectivity index (χ1n) is 6.19. The third kappa shape index (κ3) is 5.51. The van der Waals surface area contributed by atoms with Crippen molar-refractivity contribution >= 4 is 9.84 Å². The number of ether oxygens (including phenoxy) is 1. The van der Waals surface area contributed by atoms with E-state index in [1.165, 1.54) is 0 Å². The highest BCUT2D eigenvalue weighted by molar-refractivity contribution is 7.91. The van der Waals surface area contributed by atoms with Gasteiger partial charge >= 0.3 is 0 Å². The lowest BCUT2D eigenvalue weighted by molar-refractivity contribution is 0.317. The first kappa shape index (κ1) is 15.0. The largest absolute Gasteiger partial charge is 0.494 e. The molecule has 0 fully saturated rings. The Kier molecular flexibility index (Phi) is 6.15. The third-order valence-corrected chi connectivity index (χ3v) is 4.48. The van der Waals surface area contributed by atoms with Crippen LogP contribution in [0.25, 0.3) is 0 Å². The van der Waals surface area contributed by atoms with Gasteiger partial charge in [-0.2, -0.15) is 0 Å². The van der Waals surface area contributed by atoms with E-state index in [-0.39, 0.29) is 11.5 Å². The molecule has 0 aromatic heterocycles. The van der Waals surface area contributed by atoms with Gasteiger partial charge in [-0.05, 0) is 30.5 Å². The summed E-state index contributed by atoms with van der Waals surface area (Å²) >= 11 is 0. The van der Waals surface area contributed by atoms with Crippen molar-refractivity contribution in [2.75, 3.05) is 18.1 Å². The minimum absolute atomic E-state index is 0.196. The molecular formula is C13H21NO3S. The van der Waals surface area contributed by atoms with Gasteiger partial charge in [0, 0.05) is 12.3 Å². The van der Waals surface area contributed by atoms with E-state index in [0.717, 1.165) is 11.3 Å². The molecule has 0 aliphatic heterocycles. The molecule has 0 aliphatic rings. The summed E-state index contributed by atoms with van der Waals surface area (Å²) in [6.07, 6.45) is 1.20. The summed E-state index contributed by atoms with van der Waals surface area (Å²) in [6.45, 7) is 2.80. The fourth-order valence-electron chi connectivity index (χ4n) is 1.60. The van der Waals surface area contributed by atoms with Gasteiger partial charge in [-0.25, -0.2) is 8.42 Å². The molecule has 0 saturated heterocycles. The lowest BCUT2D eigenvalue weighted by Crippen LogP contribution is -2.13. The smallest absolute Gasteiger partial charge is 0.150 e. The topological polar surface area (TPSA) is 69.4 Å². The Morgan fingerprint density at radius 1 is 1.17 bits per heavy atom. The zero-order valence-corrected chi connectivity index (χ0v) is 11.6. The van der Waals surface area contributed by atoms with Crippen molar-refractivity contribution in [2.45, 2.75) is 26.3 Å². The van der Waals surface area contributed by atoms with E-state index in [2.05, 4.69) is 0 Å². The Morgan fingerprint density at radius 2 is 1.83 bits per heavy atom. The molecular weight excluding hydrogens is 250 g/mol. The molecule has 1 aromatic rings. The minimum Gasteiger partial charge on any atom is -0.494 e. The Hall–Kier alpha value is -1.07. The van der Waals surface area contributed by atoms with Gasteiger partial charge in [0.15, 0.2) is 0 Å². The quantitative estimate of drug-likeness (QED) is 0.731. The monoisotopic (exact) mass is 271 g/mol. The summed E-state index contributed by atoms with van der Waals surface area (Å²) in [7, 11) is -2.89. The molecule has 0 radical (unpaired) electrons. The van der Waals surface area contributed by atoms with Gasteiger partial charge in [-0.3, -0.25) is 0 Å². The molecule has 5 heteroatoms. The van der Waals surface area contributed by atoms with E-state index in [1.54, 1.807) is 0 Å². The second-order valence-electron chi connectivity index (χ2n) is 4.20. The van der Waals surface area contributed by atoms with Crippen LogP contribution in [0.5, 0.6) is 5.75 Å². The van der Waals surface area contributed by atoms with Crippen molar-refractivity contribution in [1.82, 2.24) is 0 Å². The van der Waals surface area contributed by atoms with E-state index in [0.29, 0.717) is 26.0 Å². The third-order valence-electron chi connectivity index (χ3n) is 2.54. The predicted octanol–water partition coefficient (Wildman–Crippen LogP) is 1.74. The summed E-state index contributed by atoms with van der Waals surface area (Å²) in [5.74, 6) is 1.21. The first-order chi connectivity index (χ1) is 8.57. The van der Waals surface area contributed by atoms with Crippen LogP contribution in [0.2, 0.25) is 0 Å². The molecule has 102 valence electrons. The highest BCUT2D eigenvalue weighted by atomic mass is 32.2. The molecule has 0 heterocycles. The standard InChI is InChI=1S/C13H21NO3S/c1-2-9-18(15,16)10-3-8-17-13-6-4-12(11-14)5-7-13/h4-7H,2-3,8-11,14H2,1H3. The molecule has 18 heavy (non-hydrogen) atoms. The molecule has 2 N–H and O–H groups in total. The summed E-state index contributed by atoms with van der Waals surface area (Å²) < 4.78 is 28.4. The first-order valence-corrected chi connectivity index (χ1v) is 8.02. The predicted molar refractivity (Wildman–Crippen MR) is 73.4 cm³/mol. The van der Waals surface area contributed by atoms with Crippen LogP contribution in [0, 0.1) is 0 Å². The molecule has 0 atom stereocenters. The van der Waals surface area contributed by atoms with Crippen molar-refractivity contribution in [3.05, 3.63) is 29.8 Å². The van der Waals surface area contributed by atoms with Gasteiger partial charge in [0.2, 0.25) is 0 Å². The van der Waals surface area contributed by atoms with E-state index in [9.17, 15) is 8.42 Å². The summed E-state index contributed by atoms with van der Waals surface area (Å²) in [5, 5.41) is 0. The molecule has 0 amide bonds. The van der Waals surface area contributed by atoms with Crippen molar-refractivity contribution in [3.8, 4) is 5.75 Å². The normalized spacial score (nSPS) is 11.4. The summed E-state index contributed by atoms with van der Waals surface area (Å²) in [4.78, 5) is 0. The van der Waals surface area contributed by atoms with Gasteiger partial charge in [-0.15, -0.1) is 0 Å². The van der Waals surface area contributed by atoms with Gasteiger partial charge in [0.05, 0.1) is 12.4 Å². The molecule has 4 nitrogen and oxygen atoms in total. The number of benzene rings is 1. The van der Waals surface area contributed by atoms with Gasteiger partial charge in [0.25, 0.3) is 0 Å². The van der Waals surface area contributed by atoms with Gasteiger partial charge in [0.1, 0.15) is 15.6 Å². The summed E-state index contributed by atoms with van der Waals surface area (Å²) in [6, 6.07) is 7.51. The molecule has 0 unspecified atom stereocenters. The van der Waals surface area contributed by atoms with Crippen molar-refractivity contribution in [2.24, 2.45) is 5.73 Å². The molecule has 1 aromatic carbocycles. The average molecular weight is 271 g/mol. The fraction of sp³-hybridized carbons (Fsp3) is 0.538. The van der Waals surface area contributed by atoms with Crippen LogP contribution < -0.4 is 10.5 Å². The van der Waals surface area contributed by atoms with Gasteiger partial charge < -0.3 is 10.5 Å². The van der Waals surface area contributed by atoms with Crippen molar-refractivity contribution in [3.63, 3.8) is 0 Å². The van der Waals surface area contributed by atoms with E-state index in [4.69, 9.17) is 10.5 Å². The minimum atomic E-state index is -2.89. The second-order valence-corrected chi connectivity index (χ2v) is 6.51. The molecule has 0 aliphatic carbocycles. The molecule has 0 bridgehead atoms. The second kappa shape index (κ2) is 7.38. The maximum Gasteiger partial charge on any atom is 0.150 e. The number of nitrogens with two attached hydrogens (primary N) is 1. The Labute approximate surface area is 109 Å². The van der Waals surface area contributed by atoms with Crippen LogP contribution in [0.1, 0.15) is 25.3 Å². The van der Waals surface area contributed by atoms with Crippen LogP contribution >= 0.6 is 0 Å².